The highest BCUT2D eigenvalue weighted by atomic mass is 16.5. The van der Waals surface area contributed by atoms with Crippen LogP contribution in [0.2, 0.25) is 0 Å². The first kappa shape index (κ1) is 11.5. The van der Waals surface area contributed by atoms with Gasteiger partial charge in [0.15, 0.2) is 5.82 Å². The van der Waals surface area contributed by atoms with Crippen molar-refractivity contribution in [1.82, 2.24) is 14.8 Å². The molecule has 3 rings (SSSR count). The molecule has 0 unspecified atom stereocenters. The monoisotopic (exact) mass is 254 g/mol. The maximum Gasteiger partial charge on any atom is 0.247 e. The molecule has 1 N–H and O–H groups in total. The van der Waals surface area contributed by atoms with Crippen LogP contribution in [0.5, 0.6) is 0 Å². The van der Waals surface area contributed by atoms with Crippen LogP contribution in [-0.4, -0.2) is 14.8 Å². The van der Waals surface area contributed by atoms with Crippen molar-refractivity contribution in [2.75, 3.05) is 5.43 Å². The van der Waals surface area contributed by atoms with E-state index in [1.165, 1.54) is 5.56 Å². The molecule has 0 spiro atoms. The molecule has 0 atom stereocenters. The van der Waals surface area contributed by atoms with Crippen molar-refractivity contribution in [3.05, 3.63) is 72.1 Å². The van der Waals surface area contributed by atoms with Crippen molar-refractivity contribution in [2.24, 2.45) is 0 Å². The van der Waals surface area contributed by atoms with E-state index in [0.717, 1.165) is 0 Å². The predicted octanol–water partition coefficient (Wildman–Crippen LogP) is 2.21. The van der Waals surface area contributed by atoms with E-state index >= 15 is 0 Å². The Bertz CT molecular complexity index is 616. The number of benzene rings is 1. The normalized spacial score (nSPS) is 10.5. The van der Waals surface area contributed by atoms with Gasteiger partial charge < -0.3 is 9.95 Å². The highest BCUT2D eigenvalue weighted by molar-refractivity contribution is 5.18. The maximum absolute atomic E-state index is 5.20. The van der Waals surface area contributed by atoms with Crippen molar-refractivity contribution in [3.8, 4) is 0 Å². The Kier molecular flexibility index (Phi) is 3.27. The molecule has 5 heteroatoms. The molecule has 0 aliphatic carbocycles. The van der Waals surface area contributed by atoms with Gasteiger partial charge in [-0.3, -0.25) is 4.68 Å². The zero-order valence-corrected chi connectivity index (χ0v) is 10.4. The summed E-state index contributed by atoms with van der Waals surface area (Å²) in [5.41, 5.74) is 4.31. The molecule has 0 radical (unpaired) electrons. The summed E-state index contributed by atoms with van der Waals surface area (Å²) in [6.45, 7) is 0.510. The molecule has 19 heavy (non-hydrogen) atoms. The molecular weight excluding hydrogens is 240 g/mol. The van der Waals surface area contributed by atoms with Gasteiger partial charge in [-0.15, -0.1) is 0 Å². The molecule has 3 aromatic rings. The van der Waals surface area contributed by atoms with E-state index in [1.807, 2.05) is 59.5 Å². The third kappa shape index (κ3) is 3.01. The van der Waals surface area contributed by atoms with Gasteiger partial charge in [-0.2, -0.15) is 4.98 Å². The van der Waals surface area contributed by atoms with Crippen molar-refractivity contribution in [3.63, 3.8) is 0 Å². The summed E-state index contributed by atoms with van der Waals surface area (Å²) in [4.78, 5) is 4.35. The predicted molar refractivity (Wildman–Crippen MR) is 71.0 cm³/mol. The summed E-state index contributed by atoms with van der Waals surface area (Å²) >= 11 is 0. The molecule has 0 bridgehead atoms. The van der Waals surface area contributed by atoms with Crippen LogP contribution in [0.3, 0.4) is 0 Å². The Balaban J connectivity index is 1.60. The second-order valence-electron chi connectivity index (χ2n) is 4.19. The van der Waals surface area contributed by atoms with Crippen molar-refractivity contribution >= 4 is 0 Å². The molecule has 96 valence electrons. The van der Waals surface area contributed by atoms with Gasteiger partial charge in [0.1, 0.15) is 6.54 Å². The molecule has 0 aliphatic heterocycles. The number of aromatic nitrogens is 3. The SMILES string of the molecule is c1ccc(Cc2noc(CNn3cccc3)n2)cc1. The number of rotatable bonds is 5. The van der Waals surface area contributed by atoms with Crippen LogP contribution in [-0.2, 0) is 13.0 Å². The van der Waals surface area contributed by atoms with E-state index in [0.29, 0.717) is 24.7 Å². The first-order valence-electron chi connectivity index (χ1n) is 6.12. The molecule has 2 aromatic heterocycles. The standard InChI is InChI=1S/C14H14N4O/c1-2-6-12(7-3-1)10-13-16-14(19-17-13)11-15-18-8-4-5-9-18/h1-9,15H,10-11H2. The third-order valence-corrected chi connectivity index (χ3v) is 2.73. The van der Waals surface area contributed by atoms with Crippen molar-refractivity contribution < 1.29 is 4.52 Å². The summed E-state index contributed by atoms with van der Waals surface area (Å²) < 4.78 is 7.05. The Morgan fingerprint density at radius 1 is 1.05 bits per heavy atom. The quantitative estimate of drug-likeness (QED) is 0.758. The van der Waals surface area contributed by atoms with Crippen LogP contribution < -0.4 is 5.43 Å². The Morgan fingerprint density at radius 2 is 1.84 bits per heavy atom. The Morgan fingerprint density at radius 3 is 2.63 bits per heavy atom. The van der Waals surface area contributed by atoms with Crippen molar-refractivity contribution in [1.29, 1.82) is 0 Å². The van der Waals surface area contributed by atoms with Gasteiger partial charge >= 0.3 is 0 Å². The van der Waals surface area contributed by atoms with Gasteiger partial charge in [0, 0.05) is 18.8 Å². The maximum atomic E-state index is 5.20. The van der Waals surface area contributed by atoms with Gasteiger partial charge in [0.25, 0.3) is 0 Å². The molecule has 0 aliphatic rings. The van der Waals surface area contributed by atoms with E-state index in [1.54, 1.807) is 0 Å². The number of hydrogen-bond donors (Lipinski definition) is 1. The number of nitrogens with zero attached hydrogens (tertiary/aromatic N) is 3. The second kappa shape index (κ2) is 5.39. The topological polar surface area (TPSA) is 55.9 Å². The average Bonchev–Trinajstić information content (AvgIpc) is 3.09. The average molecular weight is 254 g/mol. The summed E-state index contributed by atoms with van der Waals surface area (Å²) in [5, 5.41) is 3.98. The highest BCUT2D eigenvalue weighted by Gasteiger charge is 2.06. The molecule has 0 saturated heterocycles. The molecule has 1 aromatic carbocycles. The second-order valence-corrected chi connectivity index (χ2v) is 4.19. The van der Waals surface area contributed by atoms with E-state index in [2.05, 4.69) is 15.6 Å². The molecular formula is C14H14N4O. The first-order valence-corrected chi connectivity index (χ1v) is 6.12. The van der Waals surface area contributed by atoms with Crippen LogP contribution in [0.4, 0.5) is 0 Å². The first-order chi connectivity index (χ1) is 9.40. The molecule has 0 amide bonds. The van der Waals surface area contributed by atoms with E-state index in [4.69, 9.17) is 4.52 Å². The Labute approximate surface area is 110 Å². The van der Waals surface area contributed by atoms with Crippen LogP contribution in [0, 0.1) is 0 Å². The minimum absolute atomic E-state index is 0.510. The van der Waals surface area contributed by atoms with Crippen LogP contribution >= 0.6 is 0 Å². The number of hydrogen-bond acceptors (Lipinski definition) is 4. The molecule has 2 heterocycles. The lowest BCUT2D eigenvalue weighted by molar-refractivity contribution is 0.375. The lowest BCUT2D eigenvalue weighted by Crippen LogP contribution is -2.11. The van der Waals surface area contributed by atoms with Gasteiger partial charge in [-0.1, -0.05) is 35.5 Å². The largest absolute Gasteiger partial charge is 0.337 e. The highest BCUT2D eigenvalue weighted by Crippen LogP contribution is 2.06. The lowest BCUT2D eigenvalue weighted by atomic mass is 10.1. The van der Waals surface area contributed by atoms with Crippen molar-refractivity contribution in [2.45, 2.75) is 13.0 Å². The number of nitrogens with one attached hydrogen (secondary N) is 1. The van der Waals surface area contributed by atoms with Gasteiger partial charge in [0.2, 0.25) is 5.89 Å². The van der Waals surface area contributed by atoms with Crippen LogP contribution in [0.25, 0.3) is 0 Å². The summed E-state index contributed by atoms with van der Waals surface area (Å²) in [6.07, 6.45) is 4.52. The minimum atomic E-state index is 0.510. The smallest absolute Gasteiger partial charge is 0.247 e. The van der Waals surface area contributed by atoms with Gasteiger partial charge in [-0.05, 0) is 17.7 Å². The van der Waals surface area contributed by atoms with E-state index in [9.17, 15) is 0 Å². The fourth-order valence-corrected chi connectivity index (χ4v) is 1.81. The van der Waals surface area contributed by atoms with Crippen LogP contribution in [0.15, 0.2) is 59.4 Å². The van der Waals surface area contributed by atoms with Crippen LogP contribution in [0.1, 0.15) is 17.3 Å². The lowest BCUT2D eigenvalue weighted by Gasteiger charge is -2.02. The zero-order valence-electron chi connectivity index (χ0n) is 10.4. The van der Waals surface area contributed by atoms with Gasteiger partial charge in [-0.25, -0.2) is 0 Å². The van der Waals surface area contributed by atoms with E-state index in [-0.39, 0.29) is 0 Å². The summed E-state index contributed by atoms with van der Waals surface area (Å²) in [7, 11) is 0. The Hall–Kier alpha value is -2.56. The molecule has 0 saturated carbocycles. The summed E-state index contributed by atoms with van der Waals surface area (Å²) in [6, 6.07) is 14.0. The van der Waals surface area contributed by atoms with E-state index < -0.39 is 0 Å². The molecule has 0 fully saturated rings. The summed E-state index contributed by atoms with van der Waals surface area (Å²) in [5.74, 6) is 1.29. The third-order valence-electron chi connectivity index (χ3n) is 2.73. The van der Waals surface area contributed by atoms with Gasteiger partial charge in [0.05, 0.1) is 0 Å². The minimum Gasteiger partial charge on any atom is -0.337 e. The fraction of sp³-hybridized carbons (Fsp3) is 0.143. The fourth-order valence-electron chi connectivity index (χ4n) is 1.81. The molecule has 5 nitrogen and oxygen atoms in total. The zero-order chi connectivity index (χ0) is 12.9.